The Morgan fingerprint density at radius 3 is 2.53 bits per heavy atom. The smallest absolute Gasteiger partial charge is 0.320 e. The summed E-state index contributed by atoms with van der Waals surface area (Å²) in [5.41, 5.74) is 0. The van der Waals surface area contributed by atoms with Crippen LogP contribution in [0.15, 0.2) is 0 Å². The molecule has 1 fully saturated rings. The third kappa shape index (κ3) is 3.91. The molecule has 1 aliphatic rings. The third-order valence-corrected chi connectivity index (χ3v) is 4.05. The van der Waals surface area contributed by atoms with Crippen LogP contribution in [-0.2, 0) is 15.6 Å². The summed E-state index contributed by atoms with van der Waals surface area (Å²) >= 11 is 0. The molecule has 1 saturated heterocycles. The van der Waals surface area contributed by atoms with Crippen molar-refractivity contribution in [3.05, 3.63) is 0 Å². The van der Waals surface area contributed by atoms with Crippen molar-refractivity contribution in [2.75, 3.05) is 24.6 Å². The standard InChI is InChI=1S/C10H19NO3S/c1-2-3-4-9(10(12)13)11-5-7-15(14)8-6-11/h9H,2-8H2,1H3,(H,12,13). The molecule has 1 heterocycles. The van der Waals surface area contributed by atoms with E-state index in [4.69, 9.17) is 5.11 Å². The molecule has 0 amide bonds. The Labute approximate surface area is 93.1 Å². The summed E-state index contributed by atoms with van der Waals surface area (Å²) in [5.74, 6) is 0.502. The van der Waals surface area contributed by atoms with Crippen LogP contribution in [0.5, 0.6) is 0 Å². The first-order valence-corrected chi connectivity index (χ1v) is 6.95. The van der Waals surface area contributed by atoms with Gasteiger partial charge in [-0.2, -0.15) is 0 Å². The number of hydrogen-bond acceptors (Lipinski definition) is 3. The Morgan fingerprint density at radius 1 is 1.47 bits per heavy atom. The fourth-order valence-electron chi connectivity index (χ4n) is 1.82. The molecule has 0 aromatic carbocycles. The van der Waals surface area contributed by atoms with Crippen molar-refractivity contribution in [2.45, 2.75) is 32.2 Å². The van der Waals surface area contributed by atoms with Crippen LogP contribution in [-0.4, -0.2) is 50.8 Å². The number of carboxylic acids is 1. The molecule has 0 bridgehead atoms. The Morgan fingerprint density at radius 2 is 2.07 bits per heavy atom. The normalized spacial score (nSPS) is 21.4. The van der Waals surface area contributed by atoms with Crippen LogP contribution in [0.3, 0.4) is 0 Å². The minimum absolute atomic E-state index is 0.373. The molecule has 5 heteroatoms. The van der Waals surface area contributed by atoms with Gasteiger partial charge in [-0.1, -0.05) is 19.8 Å². The Balaban J connectivity index is 2.48. The molecule has 88 valence electrons. The third-order valence-electron chi connectivity index (χ3n) is 2.77. The number of unbranched alkanes of at least 4 members (excludes halogenated alkanes) is 1. The Bertz CT molecular complexity index is 235. The van der Waals surface area contributed by atoms with Gasteiger partial charge in [0.15, 0.2) is 0 Å². The van der Waals surface area contributed by atoms with E-state index in [9.17, 15) is 9.00 Å². The summed E-state index contributed by atoms with van der Waals surface area (Å²) < 4.78 is 11.2. The zero-order chi connectivity index (χ0) is 11.3. The van der Waals surface area contributed by atoms with E-state index in [1.807, 2.05) is 4.90 Å². The Hall–Kier alpha value is -0.420. The lowest BCUT2D eigenvalue weighted by molar-refractivity contribution is -0.143. The van der Waals surface area contributed by atoms with Crippen molar-refractivity contribution in [3.8, 4) is 0 Å². The maximum absolute atomic E-state index is 11.2. The van der Waals surface area contributed by atoms with Crippen molar-refractivity contribution in [3.63, 3.8) is 0 Å². The van der Waals surface area contributed by atoms with Crippen molar-refractivity contribution >= 4 is 16.8 Å². The lowest BCUT2D eigenvalue weighted by atomic mass is 10.1. The molecule has 0 aromatic rings. The summed E-state index contributed by atoms with van der Waals surface area (Å²) in [4.78, 5) is 13.0. The SMILES string of the molecule is CCCCC(C(=O)O)N1CCS(=O)CC1. The maximum Gasteiger partial charge on any atom is 0.320 e. The van der Waals surface area contributed by atoms with Crippen molar-refractivity contribution in [1.82, 2.24) is 4.90 Å². The van der Waals surface area contributed by atoms with Crippen LogP contribution in [0.4, 0.5) is 0 Å². The van der Waals surface area contributed by atoms with Gasteiger partial charge < -0.3 is 5.11 Å². The zero-order valence-corrected chi connectivity index (χ0v) is 9.96. The van der Waals surface area contributed by atoms with E-state index >= 15 is 0 Å². The maximum atomic E-state index is 11.2. The highest BCUT2D eigenvalue weighted by atomic mass is 32.2. The highest BCUT2D eigenvalue weighted by Crippen LogP contribution is 2.12. The number of carboxylic acid groups (broad SMARTS) is 1. The highest BCUT2D eigenvalue weighted by molar-refractivity contribution is 7.85. The van der Waals surface area contributed by atoms with E-state index in [0.29, 0.717) is 31.0 Å². The number of aliphatic carboxylic acids is 1. The molecule has 1 rings (SSSR count). The first-order chi connectivity index (χ1) is 7.15. The molecule has 1 unspecified atom stereocenters. The van der Waals surface area contributed by atoms with Gasteiger partial charge in [0.05, 0.1) is 0 Å². The minimum Gasteiger partial charge on any atom is -0.480 e. The fourth-order valence-corrected chi connectivity index (χ4v) is 2.90. The van der Waals surface area contributed by atoms with Crippen LogP contribution >= 0.6 is 0 Å². The van der Waals surface area contributed by atoms with Crippen LogP contribution in [0.2, 0.25) is 0 Å². The van der Waals surface area contributed by atoms with Gasteiger partial charge in [-0.15, -0.1) is 0 Å². The summed E-state index contributed by atoms with van der Waals surface area (Å²) in [6.07, 6.45) is 2.67. The first-order valence-electron chi connectivity index (χ1n) is 5.47. The molecule has 1 aliphatic heterocycles. The average molecular weight is 233 g/mol. The number of rotatable bonds is 5. The van der Waals surface area contributed by atoms with Crippen molar-refractivity contribution in [2.24, 2.45) is 0 Å². The quantitative estimate of drug-likeness (QED) is 0.759. The van der Waals surface area contributed by atoms with Gasteiger partial charge >= 0.3 is 5.97 Å². The summed E-state index contributed by atoms with van der Waals surface area (Å²) in [6, 6.07) is -0.373. The van der Waals surface area contributed by atoms with Crippen molar-refractivity contribution < 1.29 is 14.1 Å². The molecule has 1 N–H and O–H groups in total. The lowest BCUT2D eigenvalue weighted by Gasteiger charge is -2.31. The van der Waals surface area contributed by atoms with Crippen molar-refractivity contribution in [1.29, 1.82) is 0 Å². The first kappa shape index (κ1) is 12.6. The van der Waals surface area contributed by atoms with Crippen LogP contribution in [0.25, 0.3) is 0 Å². The van der Waals surface area contributed by atoms with Gasteiger partial charge in [-0.25, -0.2) is 0 Å². The number of nitrogens with zero attached hydrogens (tertiary/aromatic N) is 1. The average Bonchev–Trinajstić information content (AvgIpc) is 2.21. The topological polar surface area (TPSA) is 57.6 Å². The van der Waals surface area contributed by atoms with E-state index in [0.717, 1.165) is 12.8 Å². The zero-order valence-electron chi connectivity index (χ0n) is 9.15. The molecule has 0 radical (unpaired) electrons. The van der Waals surface area contributed by atoms with E-state index in [1.165, 1.54) is 0 Å². The predicted octanol–water partition coefficient (Wildman–Crippen LogP) is 0.694. The molecule has 15 heavy (non-hydrogen) atoms. The molecule has 0 aliphatic carbocycles. The van der Waals surface area contributed by atoms with Crippen LogP contribution in [0, 0.1) is 0 Å². The van der Waals surface area contributed by atoms with E-state index in [-0.39, 0.29) is 6.04 Å². The Kier molecular flexibility index (Phi) is 5.25. The number of hydrogen-bond donors (Lipinski definition) is 1. The van der Waals surface area contributed by atoms with Gasteiger partial charge in [-0.3, -0.25) is 13.9 Å². The molecular formula is C10H19NO3S. The van der Waals surface area contributed by atoms with E-state index in [1.54, 1.807) is 0 Å². The molecule has 0 spiro atoms. The highest BCUT2D eigenvalue weighted by Gasteiger charge is 2.27. The summed E-state index contributed by atoms with van der Waals surface area (Å²) in [7, 11) is -0.731. The molecule has 0 aromatic heterocycles. The molecule has 0 saturated carbocycles. The van der Waals surface area contributed by atoms with Gasteiger partial charge in [0.2, 0.25) is 0 Å². The van der Waals surface area contributed by atoms with Gasteiger partial charge in [0.1, 0.15) is 6.04 Å². The summed E-state index contributed by atoms with van der Waals surface area (Å²) in [5, 5.41) is 9.10. The minimum atomic E-state index is -0.740. The molecular weight excluding hydrogens is 214 g/mol. The van der Waals surface area contributed by atoms with E-state index in [2.05, 4.69) is 6.92 Å². The molecule has 1 atom stereocenters. The second kappa shape index (κ2) is 6.23. The second-order valence-electron chi connectivity index (χ2n) is 3.88. The second-order valence-corrected chi connectivity index (χ2v) is 5.58. The van der Waals surface area contributed by atoms with Gasteiger partial charge in [0.25, 0.3) is 0 Å². The van der Waals surface area contributed by atoms with Gasteiger partial charge in [-0.05, 0) is 6.42 Å². The largest absolute Gasteiger partial charge is 0.480 e. The van der Waals surface area contributed by atoms with E-state index < -0.39 is 16.8 Å². The lowest BCUT2D eigenvalue weighted by Crippen LogP contribution is -2.48. The van der Waals surface area contributed by atoms with Crippen LogP contribution < -0.4 is 0 Å². The summed E-state index contributed by atoms with van der Waals surface area (Å²) in [6.45, 7) is 3.38. The van der Waals surface area contributed by atoms with Gasteiger partial charge in [0, 0.05) is 35.4 Å². The molecule has 4 nitrogen and oxygen atoms in total. The fraction of sp³-hybridized carbons (Fsp3) is 0.900. The van der Waals surface area contributed by atoms with Crippen LogP contribution in [0.1, 0.15) is 26.2 Å². The number of carbonyl (C=O) groups is 1. The predicted molar refractivity (Wildman–Crippen MR) is 60.4 cm³/mol. The monoisotopic (exact) mass is 233 g/mol.